The molecule has 2 rings (SSSR count). The van der Waals surface area contributed by atoms with Crippen LogP contribution in [0, 0.1) is 0 Å². The predicted molar refractivity (Wildman–Crippen MR) is 79.2 cm³/mol. The Hall–Kier alpha value is -0.950. The highest BCUT2D eigenvalue weighted by Gasteiger charge is 2.05. The summed E-state index contributed by atoms with van der Waals surface area (Å²) in [5, 5.41) is 0.752. The van der Waals surface area contributed by atoms with Gasteiger partial charge in [0, 0.05) is 28.6 Å². The van der Waals surface area contributed by atoms with E-state index in [4.69, 9.17) is 5.84 Å². The van der Waals surface area contributed by atoms with Gasteiger partial charge in [-0.2, -0.15) is 0 Å². The Labute approximate surface area is 119 Å². The first-order valence-corrected chi connectivity index (χ1v) is 7.12. The quantitative estimate of drug-likeness (QED) is 0.655. The van der Waals surface area contributed by atoms with Gasteiger partial charge in [-0.25, -0.2) is 10.8 Å². The molecular weight excluding hydrogens is 312 g/mol. The van der Waals surface area contributed by atoms with Gasteiger partial charge in [-0.1, -0.05) is 39.4 Å². The van der Waals surface area contributed by atoms with Gasteiger partial charge >= 0.3 is 0 Å². The van der Waals surface area contributed by atoms with Crippen LogP contribution >= 0.6 is 27.3 Å². The zero-order valence-corrected chi connectivity index (χ0v) is 12.5. The Bertz CT molecular complexity index is 497. The molecule has 1 aromatic heterocycles. The van der Waals surface area contributed by atoms with E-state index < -0.39 is 0 Å². The van der Waals surface area contributed by atoms with E-state index in [0.717, 1.165) is 22.7 Å². The summed E-state index contributed by atoms with van der Waals surface area (Å²) >= 11 is 5.01. The summed E-state index contributed by atoms with van der Waals surface area (Å²) in [5.41, 5.74) is 3.85. The van der Waals surface area contributed by atoms with Crippen molar-refractivity contribution in [1.29, 1.82) is 0 Å². The maximum absolute atomic E-state index is 5.31. The highest BCUT2D eigenvalue weighted by Crippen LogP contribution is 2.19. The van der Waals surface area contributed by atoms with E-state index in [1.165, 1.54) is 10.4 Å². The van der Waals surface area contributed by atoms with Crippen LogP contribution in [0.15, 0.2) is 34.9 Å². The van der Waals surface area contributed by atoms with Crippen LogP contribution < -0.4 is 11.3 Å². The van der Waals surface area contributed by atoms with Crippen molar-refractivity contribution in [3.8, 4) is 0 Å². The second-order valence-electron chi connectivity index (χ2n) is 4.07. The molecule has 1 heterocycles. The molecule has 0 aliphatic carbocycles. The van der Waals surface area contributed by atoms with Crippen LogP contribution in [0.2, 0.25) is 0 Å². The normalized spacial score (nSPS) is 10.9. The molecule has 0 amide bonds. The Morgan fingerprint density at radius 2 is 2.06 bits per heavy atom. The number of hydrogen-bond donors (Lipinski definition) is 2. The van der Waals surface area contributed by atoms with Crippen molar-refractivity contribution >= 4 is 32.4 Å². The Morgan fingerprint density at radius 1 is 1.33 bits per heavy atom. The lowest BCUT2D eigenvalue weighted by atomic mass is 10.2. The number of aromatic nitrogens is 1. The molecule has 0 aliphatic rings. The molecule has 0 atom stereocenters. The van der Waals surface area contributed by atoms with Gasteiger partial charge in [0.15, 0.2) is 5.13 Å². The van der Waals surface area contributed by atoms with Crippen LogP contribution in [-0.4, -0.2) is 16.9 Å². The first-order valence-electron chi connectivity index (χ1n) is 5.51. The number of benzene rings is 1. The third-order valence-electron chi connectivity index (χ3n) is 2.47. The summed E-state index contributed by atoms with van der Waals surface area (Å²) in [5.74, 6) is 5.31. The Morgan fingerprint density at radius 3 is 2.67 bits per heavy atom. The lowest BCUT2D eigenvalue weighted by molar-refractivity contribution is 0.322. The fourth-order valence-electron chi connectivity index (χ4n) is 1.67. The van der Waals surface area contributed by atoms with Gasteiger partial charge in [-0.05, 0) is 24.7 Å². The number of nitrogens with two attached hydrogens (primary N) is 1. The predicted octanol–water partition coefficient (Wildman–Crippen LogP) is 2.82. The first-order chi connectivity index (χ1) is 8.67. The summed E-state index contributed by atoms with van der Waals surface area (Å²) in [6.07, 6.45) is 1.86. The molecule has 6 heteroatoms. The monoisotopic (exact) mass is 326 g/mol. The number of nitrogen functional groups attached to an aromatic ring is 1. The largest absolute Gasteiger partial charge is 0.300 e. The third-order valence-corrected chi connectivity index (χ3v) is 3.91. The summed E-state index contributed by atoms with van der Waals surface area (Å²) in [6.45, 7) is 1.78. The SMILES string of the molecule is CN(Cc1ccc(Br)cc1)Cc1cnc(NN)s1. The van der Waals surface area contributed by atoms with E-state index in [0.29, 0.717) is 0 Å². The molecule has 2 aromatic rings. The van der Waals surface area contributed by atoms with E-state index in [-0.39, 0.29) is 0 Å². The zero-order valence-electron chi connectivity index (χ0n) is 10.1. The molecule has 0 spiro atoms. The standard InChI is InChI=1S/C12H15BrN4S/c1-17(7-9-2-4-10(13)5-3-9)8-11-6-15-12(16-14)18-11/h2-6H,7-8,14H2,1H3,(H,15,16). The Kier molecular flexibility index (Phi) is 4.71. The van der Waals surface area contributed by atoms with Crippen LogP contribution in [0.4, 0.5) is 5.13 Å². The maximum atomic E-state index is 5.31. The molecule has 4 nitrogen and oxygen atoms in total. The smallest absolute Gasteiger partial charge is 0.197 e. The number of nitrogens with one attached hydrogen (secondary N) is 1. The summed E-state index contributed by atoms with van der Waals surface area (Å²) in [6, 6.07) is 8.37. The second-order valence-corrected chi connectivity index (χ2v) is 6.11. The van der Waals surface area contributed by atoms with Crippen molar-refractivity contribution in [2.24, 2.45) is 5.84 Å². The molecule has 0 radical (unpaired) electrons. The van der Waals surface area contributed by atoms with Crippen molar-refractivity contribution in [1.82, 2.24) is 9.88 Å². The van der Waals surface area contributed by atoms with E-state index >= 15 is 0 Å². The summed E-state index contributed by atoms with van der Waals surface area (Å²) < 4.78 is 1.11. The Balaban J connectivity index is 1.91. The summed E-state index contributed by atoms with van der Waals surface area (Å²) in [4.78, 5) is 7.60. The molecule has 0 saturated carbocycles. The van der Waals surface area contributed by atoms with E-state index in [9.17, 15) is 0 Å². The first kappa shape index (κ1) is 13.5. The minimum atomic E-state index is 0.752. The molecule has 0 bridgehead atoms. The van der Waals surface area contributed by atoms with Gasteiger partial charge in [-0.3, -0.25) is 10.3 Å². The number of hydrogen-bond acceptors (Lipinski definition) is 5. The zero-order chi connectivity index (χ0) is 13.0. The van der Waals surface area contributed by atoms with Crippen molar-refractivity contribution in [3.63, 3.8) is 0 Å². The molecule has 0 unspecified atom stereocenters. The van der Waals surface area contributed by atoms with E-state index in [1.807, 2.05) is 6.20 Å². The topological polar surface area (TPSA) is 54.2 Å². The number of anilines is 1. The fourth-order valence-corrected chi connectivity index (χ4v) is 2.74. The minimum absolute atomic E-state index is 0.752. The van der Waals surface area contributed by atoms with Gasteiger partial charge in [0.2, 0.25) is 0 Å². The van der Waals surface area contributed by atoms with E-state index in [2.05, 4.69) is 62.6 Å². The van der Waals surface area contributed by atoms with Crippen molar-refractivity contribution in [2.45, 2.75) is 13.1 Å². The van der Waals surface area contributed by atoms with Gasteiger partial charge < -0.3 is 0 Å². The number of thiazole rings is 1. The molecular formula is C12H15BrN4S. The van der Waals surface area contributed by atoms with Gasteiger partial charge in [0.25, 0.3) is 0 Å². The van der Waals surface area contributed by atoms with Crippen LogP contribution in [0.5, 0.6) is 0 Å². The molecule has 0 fully saturated rings. The molecule has 0 saturated heterocycles. The molecule has 3 N–H and O–H groups in total. The maximum Gasteiger partial charge on any atom is 0.197 e. The number of nitrogens with zero attached hydrogens (tertiary/aromatic N) is 2. The van der Waals surface area contributed by atoms with Crippen molar-refractivity contribution in [3.05, 3.63) is 45.4 Å². The molecule has 18 heavy (non-hydrogen) atoms. The van der Waals surface area contributed by atoms with Gasteiger partial charge in [-0.15, -0.1) is 0 Å². The van der Waals surface area contributed by atoms with Crippen molar-refractivity contribution < 1.29 is 0 Å². The molecule has 0 aliphatic heterocycles. The third kappa shape index (κ3) is 3.78. The second kappa shape index (κ2) is 6.29. The molecule has 1 aromatic carbocycles. The molecule has 96 valence electrons. The number of halogens is 1. The van der Waals surface area contributed by atoms with Gasteiger partial charge in [0.1, 0.15) is 0 Å². The average Bonchev–Trinajstić information content (AvgIpc) is 2.79. The van der Waals surface area contributed by atoms with Crippen LogP contribution in [0.25, 0.3) is 0 Å². The highest BCUT2D eigenvalue weighted by molar-refractivity contribution is 9.10. The lowest BCUT2D eigenvalue weighted by Crippen LogP contribution is -2.16. The highest BCUT2D eigenvalue weighted by atomic mass is 79.9. The lowest BCUT2D eigenvalue weighted by Gasteiger charge is -2.15. The summed E-state index contributed by atoms with van der Waals surface area (Å²) in [7, 11) is 2.09. The fraction of sp³-hybridized carbons (Fsp3) is 0.250. The van der Waals surface area contributed by atoms with Crippen LogP contribution in [0.3, 0.4) is 0 Å². The number of rotatable bonds is 5. The van der Waals surface area contributed by atoms with Crippen LogP contribution in [-0.2, 0) is 13.1 Å². The van der Waals surface area contributed by atoms with Crippen molar-refractivity contribution in [2.75, 3.05) is 12.5 Å². The van der Waals surface area contributed by atoms with Gasteiger partial charge in [0.05, 0.1) is 0 Å². The van der Waals surface area contributed by atoms with E-state index in [1.54, 1.807) is 11.3 Å². The average molecular weight is 327 g/mol. The number of hydrazine groups is 1. The minimum Gasteiger partial charge on any atom is -0.300 e. The van der Waals surface area contributed by atoms with Crippen LogP contribution in [0.1, 0.15) is 10.4 Å².